The fraction of sp³-hybridized carbons (Fsp3) is 0.158. The van der Waals surface area contributed by atoms with Crippen LogP contribution < -0.4 is 10.1 Å². The Morgan fingerprint density at radius 1 is 1.15 bits per heavy atom. The average molecular weight is 366 g/mol. The largest absolute Gasteiger partial charge is 0.457 e. The minimum absolute atomic E-state index is 0.0976. The molecule has 27 heavy (non-hydrogen) atoms. The molecule has 1 heterocycles. The molecular formula is C19H18N4O4. The Labute approximate surface area is 155 Å². The highest BCUT2D eigenvalue weighted by molar-refractivity contribution is 5.90. The lowest BCUT2D eigenvalue weighted by Gasteiger charge is -2.08. The van der Waals surface area contributed by atoms with Crippen molar-refractivity contribution in [3.63, 3.8) is 0 Å². The fourth-order valence-electron chi connectivity index (χ4n) is 2.36. The number of anilines is 1. The lowest BCUT2D eigenvalue weighted by molar-refractivity contribution is -0.385. The summed E-state index contributed by atoms with van der Waals surface area (Å²) in [6, 6.07) is 14.8. The van der Waals surface area contributed by atoms with Gasteiger partial charge in [0.2, 0.25) is 5.91 Å². The average Bonchev–Trinajstić information content (AvgIpc) is 3.13. The van der Waals surface area contributed by atoms with Crippen LogP contribution in [0.5, 0.6) is 11.5 Å². The van der Waals surface area contributed by atoms with Gasteiger partial charge in [0.15, 0.2) is 0 Å². The first-order chi connectivity index (χ1) is 13.0. The molecule has 0 aliphatic carbocycles. The highest BCUT2D eigenvalue weighted by atomic mass is 16.6. The summed E-state index contributed by atoms with van der Waals surface area (Å²) < 4.78 is 7.11. The van der Waals surface area contributed by atoms with Crippen LogP contribution in [0.4, 0.5) is 11.4 Å². The number of aromatic nitrogens is 2. The summed E-state index contributed by atoms with van der Waals surface area (Å²) in [5.41, 5.74) is 1.70. The molecule has 0 saturated carbocycles. The summed E-state index contributed by atoms with van der Waals surface area (Å²) in [5.74, 6) is 1.20. The number of hydrogen-bond acceptors (Lipinski definition) is 5. The molecule has 0 spiro atoms. The predicted octanol–water partition coefficient (Wildman–Crippen LogP) is 3.92. The Morgan fingerprint density at radius 2 is 1.78 bits per heavy atom. The normalized spacial score (nSPS) is 10.4. The molecule has 1 amide bonds. The summed E-state index contributed by atoms with van der Waals surface area (Å²) in [6.45, 7) is 2.27. The summed E-state index contributed by atoms with van der Waals surface area (Å²) in [4.78, 5) is 22.1. The summed E-state index contributed by atoms with van der Waals surface area (Å²) in [7, 11) is 0. The topological polar surface area (TPSA) is 99.3 Å². The van der Waals surface area contributed by atoms with Gasteiger partial charge in [-0.2, -0.15) is 5.10 Å². The maximum absolute atomic E-state index is 12.0. The molecular weight excluding hydrogens is 348 g/mol. The Hall–Kier alpha value is -3.68. The van der Waals surface area contributed by atoms with Crippen molar-refractivity contribution in [2.45, 2.75) is 19.9 Å². The Balaban J connectivity index is 1.50. The quantitative estimate of drug-likeness (QED) is 0.505. The number of amides is 1. The third kappa shape index (κ3) is 5.15. The first-order valence-corrected chi connectivity index (χ1v) is 8.31. The van der Waals surface area contributed by atoms with Gasteiger partial charge in [-0.3, -0.25) is 19.6 Å². The first-order valence-electron chi connectivity index (χ1n) is 8.31. The van der Waals surface area contributed by atoms with Gasteiger partial charge < -0.3 is 10.1 Å². The van der Waals surface area contributed by atoms with E-state index >= 15 is 0 Å². The van der Waals surface area contributed by atoms with Crippen molar-refractivity contribution >= 4 is 17.3 Å². The number of nitrogens with one attached hydrogen (secondary N) is 1. The number of hydrogen-bond donors (Lipinski definition) is 1. The predicted molar refractivity (Wildman–Crippen MR) is 99.8 cm³/mol. The molecule has 0 unspecified atom stereocenters. The van der Waals surface area contributed by atoms with Crippen LogP contribution in [0.3, 0.4) is 0 Å². The zero-order valence-corrected chi connectivity index (χ0v) is 14.7. The van der Waals surface area contributed by atoms with E-state index in [1.54, 1.807) is 24.3 Å². The molecule has 0 bridgehead atoms. The van der Waals surface area contributed by atoms with Crippen LogP contribution in [-0.2, 0) is 11.3 Å². The van der Waals surface area contributed by atoms with E-state index in [2.05, 4.69) is 10.4 Å². The zero-order valence-electron chi connectivity index (χ0n) is 14.7. The fourth-order valence-corrected chi connectivity index (χ4v) is 2.36. The van der Waals surface area contributed by atoms with Crippen LogP contribution in [0.15, 0.2) is 60.9 Å². The Morgan fingerprint density at radius 3 is 2.37 bits per heavy atom. The molecule has 0 aliphatic heterocycles. The highest BCUT2D eigenvalue weighted by Gasteiger charge is 2.10. The minimum Gasteiger partial charge on any atom is -0.457 e. The molecule has 0 radical (unpaired) electrons. The SMILES string of the molecule is Cc1ccc(Oc2ccc(NC(=O)CCn3cc([N+](=O)[O-])cn3)cc2)cc1. The number of aryl methyl sites for hydroxylation is 2. The van der Waals surface area contributed by atoms with E-state index in [0.717, 1.165) is 17.5 Å². The van der Waals surface area contributed by atoms with Gasteiger partial charge in [-0.25, -0.2) is 0 Å². The molecule has 8 heteroatoms. The van der Waals surface area contributed by atoms with Crippen molar-refractivity contribution in [2.24, 2.45) is 0 Å². The molecule has 1 aromatic heterocycles. The number of carbonyl (C=O) groups excluding carboxylic acids is 1. The summed E-state index contributed by atoms with van der Waals surface area (Å²) in [5, 5.41) is 17.2. The van der Waals surface area contributed by atoms with Crippen molar-refractivity contribution in [3.8, 4) is 11.5 Å². The van der Waals surface area contributed by atoms with Gasteiger partial charge in [-0.15, -0.1) is 0 Å². The minimum atomic E-state index is -0.524. The molecule has 0 aliphatic rings. The molecule has 3 aromatic rings. The highest BCUT2D eigenvalue weighted by Crippen LogP contribution is 2.23. The van der Waals surface area contributed by atoms with E-state index in [1.165, 1.54) is 10.9 Å². The van der Waals surface area contributed by atoms with Crippen LogP contribution >= 0.6 is 0 Å². The van der Waals surface area contributed by atoms with Crippen LogP contribution in [-0.4, -0.2) is 20.6 Å². The number of nitrogens with zero attached hydrogens (tertiary/aromatic N) is 3. The van der Waals surface area contributed by atoms with Crippen molar-refractivity contribution in [1.82, 2.24) is 9.78 Å². The molecule has 3 rings (SSSR count). The second-order valence-electron chi connectivity index (χ2n) is 5.96. The number of ether oxygens (including phenoxy) is 1. The van der Waals surface area contributed by atoms with Crippen LogP contribution in [0.2, 0.25) is 0 Å². The van der Waals surface area contributed by atoms with Crippen LogP contribution in [0.25, 0.3) is 0 Å². The molecule has 8 nitrogen and oxygen atoms in total. The Bertz CT molecular complexity index is 933. The van der Waals surface area contributed by atoms with Crippen molar-refractivity contribution in [1.29, 1.82) is 0 Å². The van der Waals surface area contributed by atoms with E-state index in [9.17, 15) is 14.9 Å². The molecule has 2 aromatic carbocycles. The Kier molecular flexibility index (Phi) is 5.46. The second kappa shape index (κ2) is 8.13. The lowest BCUT2D eigenvalue weighted by atomic mass is 10.2. The third-order valence-electron chi connectivity index (χ3n) is 3.79. The van der Waals surface area contributed by atoms with Gasteiger partial charge in [0.1, 0.15) is 23.9 Å². The first kappa shape index (κ1) is 18.1. The van der Waals surface area contributed by atoms with Gasteiger partial charge >= 0.3 is 5.69 Å². The maximum Gasteiger partial charge on any atom is 0.306 e. The van der Waals surface area contributed by atoms with E-state index in [1.807, 2.05) is 31.2 Å². The zero-order chi connectivity index (χ0) is 19.2. The number of nitro groups is 1. The molecule has 0 atom stereocenters. The third-order valence-corrected chi connectivity index (χ3v) is 3.79. The number of benzene rings is 2. The maximum atomic E-state index is 12.0. The molecule has 138 valence electrons. The lowest BCUT2D eigenvalue weighted by Crippen LogP contribution is -2.14. The van der Waals surface area contributed by atoms with Gasteiger partial charge in [0.05, 0.1) is 4.92 Å². The van der Waals surface area contributed by atoms with E-state index in [4.69, 9.17) is 4.74 Å². The van der Waals surface area contributed by atoms with Gasteiger partial charge in [0, 0.05) is 18.7 Å². The molecule has 0 fully saturated rings. The molecule has 1 N–H and O–H groups in total. The van der Waals surface area contributed by atoms with Crippen molar-refractivity contribution in [3.05, 3.63) is 76.6 Å². The van der Waals surface area contributed by atoms with Gasteiger partial charge in [-0.1, -0.05) is 17.7 Å². The van der Waals surface area contributed by atoms with Gasteiger partial charge in [-0.05, 0) is 43.3 Å². The standard InChI is InChI=1S/C19H18N4O4/c1-14-2-6-17(7-3-14)27-18-8-4-15(5-9-18)21-19(24)10-11-22-13-16(12-20-22)23(25)26/h2-9,12-13H,10-11H2,1H3,(H,21,24). The van der Waals surface area contributed by atoms with Crippen LogP contribution in [0, 0.1) is 17.0 Å². The number of carbonyl (C=O) groups is 1. The van der Waals surface area contributed by atoms with Crippen molar-refractivity contribution in [2.75, 3.05) is 5.32 Å². The molecule has 0 saturated heterocycles. The second-order valence-corrected chi connectivity index (χ2v) is 5.96. The summed E-state index contributed by atoms with van der Waals surface area (Å²) >= 11 is 0. The number of rotatable bonds is 7. The van der Waals surface area contributed by atoms with Gasteiger partial charge in [0.25, 0.3) is 0 Å². The smallest absolute Gasteiger partial charge is 0.306 e. The van der Waals surface area contributed by atoms with Crippen LogP contribution in [0.1, 0.15) is 12.0 Å². The van der Waals surface area contributed by atoms with E-state index < -0.39 is 4.92 Å². The van der Waals surface area contributed by atoms with E-state index in [0.29, 0.717) is 11.4 Å². The monoisotopic (exact) mass is 366 g/mol. The summed E-state index contributed by atoms with van der Waals surface area (Å²) in [6.07, 6.45) is 2.61. The van der Waals surface area contributed by atoms with E-state index in [-0.39, 0.29) is 24.6 Å². The van der Waals surface area contributed by atoms with Crippen molar-refractivity contribution < 1.29 is 14.5 Å².